The van der Waals surface area contributed by atoms with Crippen molar-refractivity contribution < 1.29 is 19.4 Å². The lowest BCUT2D eigenvalue weighted by Gasteiger charge is -2.09. The maximum atomic E-state index is 11.8. The highest BCUT2D eigenvalue weighted by Gasteiger charge is 2.12. The Labute approximate surface area is 198 Å². The first kappa shape index (κ1) is 23.3. The molecule has 4 rings (SSSR count). The summed E-state index contributed by atoms with van der Waals surface area (Å²) in [6.45, 7) is 0.0129. The number of carbonyl (C=O) groups is 2. The normalized spacial score (nSPS) is 11.0. The summed E-state index contributed by atoms with van der Waals surface area (Å²) in [5.41, 5.74) is 6.28. The third-order valence-electron chi connectivity index (χ3n) is 5.81. The smallest absolute Gasteiger partial charge is 0.303 e. The van der Waals surface area contributed by atoms with Gasteiger partial charge in [-0.15, -0.1) is 0 Å². The highest BCUT2D eigenvalue weighted by molar-refractivity contribution is 5.92. The maximum Gasteiger partial charge on any atom is 0.303 e. The van der Waals surface area contributed by atoms with Gasteiger partial charge in [0, 0.05) is 36.5 Å². The van der Waals surface area contributed by atoms with Crippen molar-refractivity contribution in [2.24, 2.45) is 0 Å². The summed E-state index contributed by atoms with van der Waals surface area (Å²) in [5, 5.41) is 13.0. The van der Waals surface area contributed by atoms with Gasteiger partial charge in [-0.25, -0.2) is 0 Å². The van der Waals surface area contributed by atoms with Crippen molar-refractivity contribution >= 4 is 28.5 Å². The molecule has 0 radical (unpaired) electrons. The predicted molar refractivity (Wildman–Crippen MR) is 134 cm³/mol. The number of hydrogen-bond acceptors (Lipinski definition) is 3. The van der Waals surface area contributed by atoms with Crippen LogP contribution in [-0.4, -0.2) is 35.3 Å². The fourth-order valence-electron chi connectivity index (χ4n) is 4.12. The molecular weight excluding hydrogens is 428 g/mol. The first-order valence-corrected chi connectivity index (χ1v) is 11.3. The van der Waals surface area contributed by atoms with Crippen molar-refractivity contribution in [1.82, 2.24) is 4.57 Å². The maximum absolute atomic E-state index is 11.8. The zero-order valence-corrected chi connectivity index (χ0v) is 19.2. The molecule has 0 atom stereocenters. The van der Waals surface area contributed by atoms with Gasteiger partial charge in [0.1, 0.15) is 6.61 Å². The molecule has 0 unspecified atom stereocenters. The van der Waals surface area contributed by atoms with Gasteiger partial charge in [-0.2, -0.15) is 0 Å². The Kier molecular flexibility index (Phi) is 7.40. The number of methoxy groups -OCH3 is 1. The minimum absolute atomic E-state index is 0.0129. The number of hydrogen-bond donors (Lipinski definition) is 2. The van der Waals surface area contributed by atoms with Gasteiger partial charge in [0.15, 0.2) is 0 Å². The van der Waals surface area contributed by atoms with Crippen molar-refractivity contribution in [3.63, 3.8) is 0 Å². The van der Waals surface area contributed by atoms with Crippen LogP contribution in [0, 0.1) is 0 Å². The Morgan fingerprint density at radius 3 is 2.38 bits per heavy atom. The Hall–Kier alpha value is -3.90. The van der Waals surface area contributed by atoms with Crippen LogP contribution >= 0.6 is 0 Å². The van der Waals surface area contributed by atoms with Gasteiger partial charge < -0.3 is 19.7 Å². The number of rotatable bonds is 10. The number of amides is 1. The highest BCUT2D eigenvalue weighted by Crippen LogP contribution is 2.28. The number of carbonyl (C=O) groups excluding carboxylic acids is 1. The Morgan fingerprint density at radius 2 is 1.68 bits per heavy atom. The lowest BCUT2D eigenvalue weighted by atomic mass is 10.0. The summed E-state index contributed by atoms with van der Waals surface area (Å²) in [4.78, 5) is 22.8. The summed E-state index contributed by atoms with van der Waals surface area (Å²) in [6, 6.07) is 24.3. The molecule has 0 saturated carbocycles. The molecule has 6 heteroatoms. The summed E-state index contributed by atoms with van der Waals surface area (Å²) >= 11 is 0. The fraction of sp³-hybridized carbons (Fsp3) is 0.214. The second-order valence-corrected chi connectivity index (χ2v) is 8.28. The summed E-state index contributed by atoms with van der Waals surface area (Å²) < 4.78 is 7.02. The van der Waals surface area contributed by atoms with E-state index < -0.39 is 5.97 Å². The van der Waals surface area contributed by atoms with Gasteiger partial charge >= 0.3 is 5.97 Å². The molecule has 2 N–H and O–H groups in total. The van der Waals surface area contributed by atoms with Crippen LogP contribution in [0.3, 0.4) is 0 Å². The van der Waals surface area contributed by atoms with Crippen LogP contribution in [0.25, 0.3) is 16.6 Å². The first-order chi connectivity index (χ1) is 16.5. The van der Waals surface area contributed by atoms with Crippen molar-refractivity contribution in [1.29, 1.82) is 0 Å². The van der Waals surface area contributed by atoms with E-state index in [4.69, 9.17) is 9.84 Å². The molecule has 1 amide bonds. The van der Waals surface area contributed by atoms with E-state index in [1.807, 2.05) is 36.4 Å². The summed E-state index contributed by atoms with van der Waals surface area (Å²) in [5.74, 6) is -0.988. The van der Waals surface area contributed by atoms with Crippen molar-refractivity contribution in [3.8, 4) is 5.69 Å². The molecular formula is C28H28N2O4. The molecule has 0 aliphatic heterocycles. The number of ether oxygens (including phenoxy) is 1. The number of anilines is 1. The molecule has 1 aromatic heterocycles. The summed E-state index contributed by atoms with van der Waals surface area (Å²) in [7, 11) is 1.49. The van der Waals surface area contributed by atoms with E-state index in [2.05, 4.69) is 52.5 Å². The summed E-state index contributed by atoms with van der Waals surface area (Å²) in [6.07, 6.45) is 4.57. The molecule has 1 heterocycles. The van der Waals surface area contributed by atoms with E-state index in [1.165, 1.54) is 18.2 Å². The zero-order valence-electron chi connectivity index (χ0n) is 19.2. The Bertz CT molecular complexity index is 1280. The van der Waals surface area contributed by atoms with Crippen LogP contribution in [0.4, 0.5) is 5.69 Å². The van der Waals surface area contributed by atoms with Gasteiger partial charge in [-0.05, 0) is 72.4 Å². The average Bonchev–Trinajstić information content (AvgIpc) is 3.20. The molecule has 0 aliphatic carbocycles. The van der Waals surface area contributed by atoms with Crippen molar-refractivity contribution in [2.45, 2.75) is 25.7 Å². The zero-order chi connectivity index (χ0) is 23.9. The van der Waals surface area contributed by atoms with E-state index in [1.54, 1.807) is 0 Å². The second-order valence-electron chi connectivity index (χ2n) is 8.28. The van der Waals surface area contributed by atoms with E-state index >= 15 is 0 Å². The third-order valence-corrected chi connectivity index (χ3v) is 5.81. The lowest BCUT2D eigenvalue weighted by molar-refractivity contribution is -0.137. The van der Waals surface area contributed by atoms with Crippen LogP contribution < -0.4 is 5.32 Å². The molecule has 0 aliphatic rings. The molecule has 3 aromatic carbocycles. The molecule has 174 valence electrons. The Balaban J connectivity index is 1.65. The number of benzene rings is 3. The number of nitrogens with zero attached hydrogens (tertiary/aromatic N) is 1. The average molecular weight is 457 g/mol. The van der Waals surface area contributed by atoms with E-state index in [-0.39, 0.29) is 18.9 Å². The largest absolute Gasteiger partial charge is 0.481 e. The SMILES string of the molecule is COCC(=O)Nc1ccc(-n2cc(CCc3ccccc3)c3cc(CCC(=O)O)ccc32)cc1. The molecule has 0 bridgehead atoms. The van der Waals surface area contributed by atoms with Crippen LogP contribution in [0.15, 0.2) is 79.0 Å². The van der Waals surface area contributed by atoms with Gasteiger partial charge in [0.25, 0.3) is 0 Å². The molecule has 4 aromatic rings. The number of fused-ring (bicyclic) bond motifs is 1. The van der Waals surface area contributed by atoms with Crippen LogP contribution in [0.5, 0.6) is 0 Å². The van der Waals surface area contributed by atoms with Gasteiger partial charge in [0.2, 0.25) is 5.91 Å². The fourth-order valence-corrected chi connectivity index (χ4v) is 4.12. The minimum Gasteiger partial charge on any atom is -0.481 e. The van der Waals surface area contributed by atoms with Crippen LogP contribution in [0.1, 0.15) is 23.1 Å². The molecule has 0 spiro atoms. The standard InChI is InChI=1S/C28H28N2O4/c1-34-19-27(31)29-23-11-13-24(14-12-23)30-18-22(10-7-20-5-3-2-4-6-20)25-17-21(8-15-26(25)30)9-16-28(32)33/h2-6,8,11-15,17-18H,7,9-10,16,19H2,1H3,(H,29,31)(H,32,33). The number of carboxylic acids is 1. The van der Waals surface area contributed by atoms with Gasteiger partial charge in [-0.1, -0.05) is 36.4 Å². The molecule has 6 nitrogen and oxygen atoms in total. The first-order valence-electron chi connectivity index (χ1n) is 11.3. The van der Waals surface area contributed by atoms with Crippen molar-refractivity contribution in [2.75, 3.05) is 19.0 Å². The number of carboxylic acid groups (broad SMARTS) is 1. The minimum atomic E-state index is -0.792. The third kappa shape index (κ3) is 5.71. The molecule has 0 fully saturated rings. The van der Waals surface area contributed by atoms with Crippen LogP contribution in [0.2, 0.25) is 0 Å². The van der Waals surface area contributed by atoms with Gasteiger partial charge in [0.05, 0.1) is 5.52 Å². The number of aromatic nitrogens is 1. The predicted octanol–water partition coefficient (Wildman–Crippen LogP) is 5.02. The highest BCUT2D eigenvalue weighted by atomic mass is 16.5. The number of nitrogens with one attached hydrogen (secondary N) is 1. The Morgan fingerprint density at radius 1 is 0.912 bits per heavy atom. The molecule has 34 heavy (non-hydrogen) atoms. The van der Waals surface area contributed by atoms with Gasteiger partial charge in [-0.3, -0.25) is 9.59 Å². The monoisotopic (exact) mass is 456 g/mol. The van der Waals surface area contributed by atoms with Crippen LogP contribution in [-0.2, 0) is 33.6 Å². The topological polar surface area (TPSA) is 80.6 Å². The van der Waals surface area contributed by atoms with E-state index in [0.717, 1.165) is 35.0 Å². The number of aliphatic carboxylic acids is 1. The van der Waals surface area contributed by atoms with Crippen molar-refractivity contribution in [3.05, 3.63) is 95.7 Å². The molecule has 0 saturated heterocycles. The lowest BCUT2D eigenvalue weighted by Crippen LogP contribution is -2.16. The number of aryl methyl sites for hydroxylation is 3. The second kappa shape index (κ2) is 10.8. The van der Waals surface area contributed by atoms with E-state index in [9.17, 15) is 9.59 Å². The quantitative estimate of drug-likeness (QED) is 0.351. The van der Waals surface area contributed by atoms with E-state index in [0.29, 0.717) is 12.1 Å².